The van der Waals surface area contributed by atoms with Crippen LogP contribution < -0.4 is 4.74 Å². The van der Waals surface area contributed by atoms with Crippen LogP contribution in [-0.2, 0) is 20.0 Å². The van der Waals surface area contributed by atoms with Crippen molar-refractivity contribution in [1.29, 1.82) is 0 Å². The van der Waals surface area contributed by atoms with Crippen molar-refractivity contribution in [1.82, 2.24) is 13.6 Å². The van der Waals surface area contributed by atoms with Gasteiger partial charge < -0.3 is 9.84 Å². The molecule has 0 radical (unpaired) electrons. The molecule has 2 heterocycles. The average molecular weight is 570 g/mol. The Kier molecular flexibility index (Phi) is 8.73. The summed E-state index contributed by atoms with van der Waals surface area (Å²) in [6.07, 6.45) is 2.56. The molecule has 0 saturated carbocycles. The van der Waals surface area contributed by atoms with Crippen molar-refractivity contribution < 1.29 is 26.7 Å². The Hall–Kier alpha value is -3.27. The summed E-state index contributed by atoms with van der Waals surface area (Å²) in [7, 11) is -6.37. The van der Waals surface area contributed by atoms with Crippen molar-refractivity contribution in [3.05, 3.63) is 84.2 Å². The molecule has 0 aliphatic carbocycles. The predicted molar refractivity (Wildman–Crippen MR) is 147 cm³/mol. The van der Waals surface area contributed by atoms with E-state index in [9.17, 15) is 21.9 Å². The van der Waals surface area contributed by atoms with Crippen LogP contribution in [0.15, 0.2) is 82.8 Å². The SMILES string of the molecule is C[C@@H]1CN([C@@H](C)CO)S(=O)(=O)c2ccc(C#Cc3ccncc3)cc2O[C@@H]1CN(C)S(=O)(=O)c1ccccc1. The lowest BCUT2D eigenvalue weighted by Crippen LogP contribution is -2.50. The standard InChI is InChI=1S/C28H31N3O6S2/c1-21-18-31(22(2)20-32)39(35,36)28-12-11-24(10-9-23-13-15-29-16-14-23)17-26(28)37-27(21)19-30(3)38(33,34)25-7-5-4-6-8-25/h4-8,11-17,21-22,27,32H,18-20H2,1-3H3/t21-,22+,27-/m1/s1. The van der Waals surface area contributed by atoms with Gasteiger partial charge in [0.15, 0.2) is 0 Å². The second kappa shape index (κ2) is 11.9. The van der Waals surface area contributed by atoms with Crippen LogP contribution in [0.2, 0.25) is 0 Å². The van der Waals surface area contributed by atoms with Gasteiger partial charge >= 0.3 is 0 Å². The van der Waals surface area contributed by atoms with E-state index in [2.05, 4.69) is 16.8 Å². The summed E-state index contributed by atoms with van der Waals surface area (Å²) in [6, 6.07) is 15.5. The molecule has 0 bridgehead atoms. The second-order valence-corrected chi connectivity index (χ2v) is 13.4. The Morgan fingerprint density at radius 1 is 1.10 bits per heavy atom. The first-order chi connectivity index (χ1) is 18.5. The summed E-state index contributed by atoms with van der Waals surface area (Å²) in [6.45, 7) is 3.08. The molecule has 3 aromatic rings. The maximum absolute atomic E-state index is 13.7. The summed E-state index contributed by atoms with van der Waals surface area (Å²) < 4.78 is 62.5. The monoisotopic (exact) mass is 569 g/mol. The fraction of sp³-hybridized carbons (Fsp3) is 0.321. The lowest BCUT2D eigenvalue weighted by molar-refractivity contribution is 0.0904. The van der Waals surface area contributed by atoms with Gasteiger partial charge in [0.2, 0.25) is 20.0 Å². The van der Waals surface area contributed by atoms with Gasteiger partial charge in [-0.2, -0.15) is 8.61 Å². The van der Waals surface area contributed by atoms with E-state index in [1.807, 2.05) is 0 Å². The summed E-state index contributed by atoms with van der Waals surface area (Å²) >= 11 is 0. The molecular weight excluding hydrogens is 538 g/mol. The maximum atomic E-state index is 13.7. The van der Waals surface area contributed by atoms with Crippen LogP contribution in [-0.4, -0.2) is 74.4 Å². The zero-order valence-electron chi connectivity index (χ0n) is 21.9. The Labute approximate surface area is 230 Å². The van der Waals surface area contributed by atoms with Crippen LogP contribution in [0.5, 0.6) is 5.75 Å². The summed E-state index contributed by atoms with van der Waals surface area (Å²) in [4.78, 5) is 4.06. The Bertz CT molecular complexity index is 1570. The van der Waals surface area contributed by atoms with E-state index in [-0.39, 0.29) is 35.2 Å². The van der Waals surface area contributed by atoms with Crippen molar-refractivity contribution in [3.63, 3.8) is 0 Å². The fourth-order valence-corrected chi connectivity index (χ4v) is 7.25. The van der Waals surface area contributed by atoms with E-state index in [0.29, 0.717) is 5.56 Å². The zero-order valence-corrected chi connectivity index (χ0v) is 23.6. The molecule has 1 N–H and O–H groups in total. The van der Waals surface area contributed by atoms with Gasteiger partial charge in [-0.1, -0.05) is 37.0 Å². The van der Waals surface area contributed by atoms with Gasteiger partial charge in [-0.25, -0.2) is 16.8 Å². The predicted octanol–water partition coefficient (Wildman–Crippen LogP) is 2.57. The lowest BCUT2D eigenvalue weighted by atomic mass is 10.0. The number of aliphatic hydroxyl groups is 1. The highest BCUT2D eigenvalue weighted by atomic mass is 32.2. The molecule has 4 rings (SSSR count). The summed E-state index contributed by atoms with van der Waals surface area (Å²) in [5, 5.41) is 9.83. The van der Waals surface area contributed by atoms with Crippen LogP contribution in [0.3, 0.4) is 0 Å². The Morgan fingerprint density at radius 3 is 2.44 bits per heavy atom. The van der Waals surface area contributed by atoms with Crippen LogP contribution in [0.1, 0.15) is 25.0 Å². The van der Waals surface area contributed by atoms with E-state index < -0.39 is 38.1 Å². The van der Waals surface area contributed by atoms with Gasteiger partial charge in [-0.15, -0.1) is 0 Å². The number of benzene rings is 2. The smallest absolute Gasteiger partial charge is 0.247 e. The summed E-state index contributed by atoms with van der Waals surface area (Å²) in [5.74, 6) is 5.70. The van der Waals surface area contributed by atoms with E-state index in [1.54, 1.807) is 68.7 Å². The largest absolute Gasteiger partial charge is 0.487 e. The molecule has 3 atom stereocenters. The molecule has 0 saturated heterocycles. The van der Waals surface area contributed by atoms with Crippen molar-refractivity contribution in [3.8, 4) is 17.6 Å². The molecule has 1 aliphatic rings. The number of aliphatic hydroxyl groups excluding tert-OH is 1. The highest BCUT2D eigenvalue weighted by Crippen LogP contribution is 2.34. The molecule has 1 aromatic heterocycles. The zero-order chi connectivity index (χ0) is 28.2. The van der Waals surface area contributed by atoms with Gasteiger partial charge in [-0.05, 0) is 49.4 Å². The highest BCUT2D eigenvalue weighted by molar-refractivity contribution is 7.89. The van der Waals surface area contributed by atoms with Gasteiger partial charge in [-0.3, -0.25) is 4.98 Å². The number of pyridine rings is 1. The molecule has 0 fully saturated rings. The number of likely N-dealkylation sites (N-methyl/N-ethyl adjacent to an activating group) is 1. The van der Waals surface area contributed by atoms with Crippen LogP contribution in [0, 0.1) is 17.8 Å². The van der Waals surface area contributed by atoms with Gasteiger partial charge in [0.1, 0.15) is 16.7 Å². The van der Waals surface area contributed by atoms with Crippen molar-refractivity contribution in [2.75, 3.05) is 26.7 Å². The minimum atomic E-state index is -4.03. The highest BCUT2D eigenvalue weighted by Gasteiger charge is 2.39. The van der Waals surface area contributed by atoms with E-state index in [1.165, 1.54) is 33.9 Å². The molecule has 2 aromatic carbocycles. The third-order valence-electron chi connectivity index (χ3n) is 6.59. The Balaban J connectivity index is 1.75. The molecule has 0 spiro atoms. The number of hydrogen-bond acceptors (Lipinski definition) is 7. The molecule has 39 heavy (non-hydrogen) atoms. The Morgan fingerprint density at radius 2 is 1.77 bits per heavy atom. The molecule has 1 aliphatic heterocycles. The first-order valence-corrected chi connectivity index (χ1v) is 15.3. The summed E-state index contributed by atoms with van der Waals surface area (Å²) in [5.41, 5.74) is 1.27. The molecule has 206 valence electrons. The lowest BCUT2D eigenvalue weighted by Gasteiger charge is -2.37. The number of rotatable bonds is 6. The van der Waals surface area contributed by atoms with Gasteiger partial charge in [0, 0.05) is 49.1 Å². The quantitative estimate of drug-likeness (QED) is 0.454. The minimum Gasteiger partial charge on any atom is -0.487 e. The fourth-order valence-electron chi connectivity index (χ4n) is 4.22. The van der Waals surface area contributed by atoms with Crippen LogP contribution in [0.25, 0.3) is 0 Å². The normalized spacial score (nSPS) is 20.0. The van der Waals surface area contributed by atoms with Gasteiger partial charge in [0.25, 0.3) is 0 Å². The topological polar surface area (TPSA) is 117 Å². The molecule has 9 nitrogen and oxygen atoms in total. The van der Waals surface area contributed by atoms with Crippen molar-refractivity contribution in [2.24, 2.45) is 5.92 Å². The van der Waals surface area contributed by atoms with E-state index in [0.717, 1.165) is 5.56 Å². The number of aromatic nitrogens is 1. The third-order valence-corrected chi connectivity index (χ3v) is 10.4. The first-order valence-electron chi connectivity index (χ1n) is 12.4. The minimum absolute atomic E-state index is 0.0217. The molecule has 0 unspecified atom stereocenters. The van der Waals surface area contributed by atoms with Crippen molar-refractivity contribution in [2.45, 2.75) is 35.8 Å². The van der Waals surface area contributed by atoms with Crippen molar-refractivity contribution >= 4 is 20.0 Å². The second-order valence-electron chi connectivity index (χ2n) is 9.49. The van der Waals surface area contributed by atoms with E-state index in [4.69, 9.17) is 4.74 Å². The van der Waals surface area contributed by atoms with Crippen LogP contribution >= 0.6 is 0 Å². The number of hydrogen-bond donors (Lipinski definition) is 1. The molecule has 11 heteroatoms. The van der Waals surface area contributed by atoms with Gasteiger partial charge in [0.05, 0.1) is 18.0 Å². The van der Waals surface area contributed by atoms with Crippen LogP contribution in [0.4, 0.5) is 0 Å². The molecule has 0 amide bonds. The maximum Gasteiger partial charge on any atom is 0.247 e. The number of nitrogens with zero attached hydrogens (tertiary/aromatic N) is 3. The number of ether oxygens (including phenoxy) is 1. The average Bonchev–Trinajstić information content (AvgIpc) is 2.94. The molecular formula is C28H31N3O6S2. The number of sulfonamides is 2. The van der Waals surface area contributed by atoms with E-state index >= 15 is 0 Å². The third kappa shape index (κ3) is 6.32. The number of fused-ring (bicyclic) bond motifs is 1. The first kappa shape index (κ1) is 28.7.